The summed E-state index contributed by atoms with van der Waals surface area (Å²) in [5, 5.41) is 3.03. The number of H-pyrrole nitrogens is 1. The van der Waals surface area contributed by atoms with Crippen LogP contribution in [0.25, 0.3) is 11.3 Å². The Morgan fingerprint density at radius 3 is 2.53 bits per heavy atom. The van der Waals surface area contributed by atoms with Crippen molar-refractivity contribution < 1.29 is 22.7 Å². The second kappa shape index (κ2) is 10.8. The number of alkyl halides is 3. The number of nitrogens with one attached hydrogen (secondary N) is 2. The maximum Gasteiger partial charge on any atom is 0.573 e. The molecule has 3 aromatic rings. The Kier molecular flexibility index (Phi) is 7.71. The predicted octanol–water partition coefficient (Wildman–Crippen LogP) is 7.11. The molecule has 1 saturated carbocycles. The monoisotopic (exact) mass is 499 g/mol. The van der Waals surface area contributed by atoms with Crippen LogP contribution in [0.5, 0.6) is 5.75 Å². The highest BCUT2D eigenvalue weighted by molar-refractivity contribution is 6.01. The first-order valence-corrected chi connectivity index (χ1v) is 12.4. The van der Waals surface area contributed by atoms with Gasteiger partial charge in [-0.25, -0.2) is 0 Å². The van der Waals surface area contributed by atoms with Crippen molar-refractivity contribution in [2.24, 2.45) is 5.92 Å². The standard InChI is InChI=1S/C28H32F3N3O2/c1-17(2)24-15-23(26(34-24)22-6-4-5-7-25(22)36-28(29,30)31)27(35)33-16-19-8-10-20(11-9-19)21-12-13-32-18(3)14-21/h4-7,12-15,17,19-20,34H,8-11,16H2,1-3H3,(H,33,35). The van der Waals surface area contributed by atoms with E-state index in [-0.39, 0.29) is 23.1 Å². The fourth-order valence-corrected chi connectivity index (χ4v) is 4.92. The fraction of sp³-hybridized carbons (Fsp3) is 0.429. The molecular weight excluding hydrogens is 467 g/mol. The number of benzene rings is 1. The smallest absolute Gasteiger partial charge is 0.405 e. The summed E-state index contributed by atoms with van der Waals surface area (Å²) in [6.45, 7) is 6.44. The van der Waals surface area contributed by atoms with Crippen LogP contribution in [0.2, 0.25) is 0 Å². The number of carbonyl (C=O) groups excluding carboxylic acids is 1. The van der Waals surface area contributed by atoms with Crippen molar-refractivity contribution in [3.8, 4) is 17.0 Å². The van der Waals surface area contributed by atoms with Gasteiger partial charge in [0.25, 0.3) is 5.91 Å². The summed E-state index contributed by atoms with van der Waals surface area (Å²) in [6.07, 6.45) is 1.14. The van der Waals surface area contributed by atoms with E-state index >= 15 is 0 Å². The number of aromatic nitrogens is 2. The number of aryl methyl sites for hydroxylation is 1. The molecule has 192 valence electrons. The van der Waals surface area contributed by atoms with E-state index in [0.29, 0.717) is 29.6 Å². The summed E-state index contributed by atoms with van der Waals surface area (Å²) >= 11 is 0. The third-order valence-electron chi connectivity index (χ3n) is 6.88. The Labute approximate surface area is 209 Å². The largest absolute Gasteiger partial charge is 0.573 e. The first-order chi connectivity index (χ1) is 17.1. The summed E-state index contributed by atoms with van der Waals surface area (Å²) in [7, 11) is 0. The fourth-order valence-electron chi connectivity index (χ4n) is 4.92. The van der Waals surface area contributed by atoms with Crippen LogP contribution in [0.4, 0.5) is 13.2 Å². The lowest BCUT2D eigenvalue weighted by atomic mass is 9.79. The summed E-state index contributed by atoms with van der Waals surface area (Å²) in [5.74, 6) is 0.283. The first kappa shape index (κ1) is 25.8. The lowest BCUT2D eigenvalue weighted by molar-refractivity contribution is -0.274. The van der Waals surface area contributed by atoms with Crippen molar-refractivity contribution in [3.05, 3.63) is 71.2 Å². The van der Waals surface area contributed by atoms with Crippen molar-refractivity contribution in [2.75, 3.05) is 6.54 Å². The molecule has 1 aliphatic rings. The van der Waals surface area contributed by atoms with Gasteiger partial charge in [0, 0.05) is 29.7 Å². The van der Waals surface area contributed by atoms with E-state index < -0.39 is 6.36 Å². The van der Waals surface area contributed by atoms with Crippen LogP contribution in [0.3, 0.4) is 0 Å². The molecule has 8 heteroatoms. The number of hydrogen-bond donors (Lipinski definition) is 2. The number of amides is 1. The summed E-state index contributed by atoms with van der Waals surface area (Å²) in [4.78, 5) is 20.7. The minimum Gasteiger partial charge on any atom is -0.405 e. The average molecular weight is 500 g/mol. The molecule has 1 fully saturated rings. The zero-order chi connectivity index (χ0) is 25.9. The van der Waals surface area contributed by atoms with Crippen LogP contribution in [0.1, 0.15) is 78.7 Å². The van der Waals surface area contributed by atoms with Crippen molar-refractivity contribution in [1.82, 2.24) is 15.3 Å². The zero-order valence-corrected chi connectivity index (χ0v) is 20.8. The van der Waals surface area contributed by atoms with Gasteiger partial charge < -0.3 is 15.0 Å². The molecule has 0 saturated heterocycles. The van der Waals surface area contributed by atoms with Crippen LogP contribution >= 0.6 is 0 Å². The lowest BCUT2D eigenvalue weighted by Gasteiger charge is -2.29. The summed E-state index contributed by atoms with van der Waals surface area (Å²) in [6, 6.07) is 11.8. The third-order valence-corrected chi connectivity index (χ3v) is 6.88. The second-order valence-electron chi connectivity index (χ2n) is 9.87. The molecule has 1 amide bonds. The van der Waals surface area contributed by atoms with E-state index in [1.54, 1.807) is 12.1 Å². The van der Waals surface area contributed by atoms with E-state index in [0.717, 1.165) is 37.1 Å². The summed E-state index contributed by atoms with van der Waals surface area (Å²) in [5.41, 5.74) is 3.95. The number of ether oxygens (including phenoxy) is 1. The third kappa shape index (κ3) is 6.28. The molecule has 1 aromatic carbocycles. The number of nitrogens with zero attached hydrogens (tertiary/aromatic N) is 1. The molecule has 0 spiro atoms. The molecule has 5 nitrogen and oxygen atoms in total. The van der Waals surface area contributed by atoms with E-state index in [9.17, 15) is 18.0 Å². The molecule has 2 N–H and O–H groups in total. The van der Waals surface area contributed by atoms with E-state index in [1.165, 1.54) is 23.8 Å². The highest BCUT2D eigenvalue weighted by Gasteiger charge is 2.33. The summed E-state index contributed by atoms with van der Waals surface area (Å²) < 4.78 is 43.2. The van der Waals surface area contributed by atoms with Crippen LogP contribution in [0, 0.1) is 12.8 Å². The quantitative estimate of drug-likeness (QED) is 0.364. The van der Waals surface area contributed by atoms with Gasteiger partial charge in [-0.1, -0.05) is 26.0 Å². The zero-order valence-electron chi connectivity index (χ0n) is 20.8. The van der Waals surface area contributed by atoms with Crippen molar-refractivity contribution >= 4 is 5.91 Å². The maximum absolute atomic E-state index is 13.2. The van der Waals surface area contributed by atoms with Crippen LogP contribution in [-0.4, -0.2) is 28.8 Å². The van der Waals surface area contributed by atoms with Gasteiger partial charge in [0.05, 0.1) is 11.3 Å². The van der Waals surface area contributed by atoms with E-state index in [1.807, 2.05) is 27.0 Å². The minimum absolute atomic E-state index is 0.0631. The van der Waals surface area contributed by atoms with Crippen molar-refractivity contribution in [1.29, 1.82) is 0 Å². The first-order valence-electron chi connectivity index (χ1n) is 12.4. The van der Waals surface area contributed by atoms with Crippen LogP contribution in [0.15, 0.2) is 48.7 Å². The highest BCUT2D eigenvalue weighted by atomic mass is 19.4. The Bertz CT molecular complexity index is 1190. The Morgan fingerprint density at radius 2 is 1.86 bits per heavy atom. The predicted molar refractivity (Wildman–Crippen MR) is 133 cm³/mol. The normalized spacial score (nSPS) is 18.3. The average Bonchev–Trinajstić information content (AvgIpc) is 3.28. The molecule has 0 atom stereocenters. The molecule has 0 aliphatic heterocycles. The maximum atomic E-state index is 13.2. The number of aromatic amines is 1. The number of hydrogen-bond acceptors (Lipinski definition) is 3. The van der Waals surface area contributed by atoms with Gasteiger partial charge >= 0.3 is 6.36 Å². The minimum atomic E-state index is -4.83. The Hall–Kier alpha value is -3.29. The SMILES string of the molecule is Cc1cc(C2CCC(CNC(=O)c3cc(C(C)C)[nH]c3-c3ccccc3OC(F)(F)F)CC2)ccn1. The number of carbonyl (C=O) groups is 1. The number of para-hydroxylation sites is 1. The highest BCUT2D eigenvalue weighted by Crippen LogP contribution is 2.37. The van der Waals surface area contributed by atoms with Gasteiger partial charge in [-0.3, -0.25) is 9.78 Å². The molecule has 1 aliphatic carbocycles. The second-order valence-corrected chi connectivity index (χ2v) is 9.87. The van der Waals surface area contributed by atoms with Gasteiger partial charge in [0.1, 0.15) is 5.75 Å². The molecule has 0 radical (unpaired) electrons. The van der Waals surface area contributed by atoms with Crippen molar-refractivity contribution in [2.45, 2.75) is 64.7 Å². The molecular formula is C28H32F3N3O2. The molecule has 2 heterocycles. The Balaban J connectivity index is 1.46. The molecule has 4 rings (SSSR count). The van der Waals surface area contributed by atoms with Gasteiger partial charge in [-0.05, 0) is 86.3 Å². The lowest BCUT2D eigenvalue weighted by Crippen LogP contribution is -2.31. The van der Waals surface area contributed by atoms with E-state index in [4.69, 9.17) is 0 Å². The van der Waals surface area contributed by atoms with Gasteiger partial charge in [0.2, 0.25) is 0 Å². The molecule has 0 unspecified atom stereocenters. The molecule has 2 aromatic heterocycles. The van der Waals surface area contributed by atoms with Crippen molar-refractivity contribution in [3.63, 3.8) is 0 Å². The molecule has 0 bridgehead atoms. The number of halogens is 3. The van der Waals surface area contributed by atoms with E-state index in [2.05, 4.69) is 32.2 Å². The number of rotatable bonds is 7. The van der Waals surface area contributed by atoms with Gasteiger partial charge in [-0.15, -0.1) is 13.2 Å². The number of pyridine rings is 1. The van der Waals surface area contributed by atoms with Crippen LogP contribution in [-0.2, 0) is 0 Å². The Morgan fingerprint density at radius 1 is 1.14 bits per heavy atom. The van der Waals surface area contributed by atoms with Gasteiger partial charge in [-0.2, -0.15) is 0 Å². The van der Waals surface area contributed by atoms with Gasteiger partial charge in [0.15, 0.2) is 0 Å². The molecule has 36 heavy (non-hydrogen) atoms. The topological polar surface area (TPSA) is 67.0 Å². The van der Waals surface area contributed by atoms with Crippen LogP contribution < -0.4 is 10.1 Å².